The number of carbonyl (C=O) groups is 1. The molecule has 1 N–H and O–H groups in total. The molecule has 0 radical (unpaired) electrons. The number of rotatable bonds is 3. The van der Waals surface area contributed by atoms with E-state index >= 15 is 0 Å². The van der Waals surface area contributed by atoms with Gasteiger partial charge in [-0.15, -0.1) is 0 Å². The SMILES string of the molecule is Cc1cc2nc(-c3ccc(C)c(NC(=O)c4ccccc4Br)c3)oc2cc1C. The van der Waals surface area contributed by atoms with Crippen LogP contribution in [0.5, 0.6) is 0 Å². The number of hydrogen-bond donors (Lipinski definition) is 1. The van der Waals surface area contributed by atoms with Gasteiger partial charge in [-0.25, -0.2) is 4.98 Å². The lowest BCUT2D eigenvalue weighted by Crippen LogP contribution is -2.13. The van der Waals surface area contributed by atoms with Crippen molar-refractivity contribution in [2.75, 3.05) is 5.32 Å². The number of nitrogens with zero attached hydrogens (tertiary/aromatic N) is 1. The van der Waals surface area contributed by atoms with E-state index in [0.717, 1.165) is 32.4 Å². The van der Waals surface area contributed by atoms with E-state index in [1.54, 1.807) is 6.07 Å². The van der Waals surface area contributed by atoms with Crippen molar-refractivity contribution in [3.63, 3.8) is 0 Å². The lowest BCUT2D eigenvalue weighted by Gasteiger charge is -2.10. The van der Waals surface area contributed by atoms with Crippen LogP contribution in [0.15, 0.2) is 63.5 Å². The number of benzene rings is 3. The monoisotopic (exact) mass is 434 g/mol. The standard InChI is InChI=1S/C23H19BrN2O2/c1-13-8-9-16(23-26-20-10-14(2)15(3)11-21(20)28-23)12-19(13)25-22(27)17-6-4-5-7-18(17)24/h4-12H,1-3H3,(H,25,27). The first kappa shape index (κ1) is 18.4. The van der Waals surface area contributed by atoms with Crippen LogP contribution in [-0.4, -0.2) is 10.9 Å². The molecule has 0 spiro atoms. The molecule has 0 aliphatic rings. The van der Waals surface area contributed by atoms with Crippen LogP contribution in [0.3, 0.4) is 0 Å². The molecule has 0 bridgehead atoms. The highest BCUT2D eigenvalue weighted by atomic mass is 79.9. The Labute approximate surface area is 171 Å². The van der Waals surface area contributed by atoms with Gasteiger partial charge in [-0.3, -0.25) is 4.79 Å². The summed E-state index contributed by atoms with van der Waals surface area (Å²) in [6.07, 6.45) is 0. The van der Waals surface area contributed by atoms with Crippen molar-refractivity contribution >= 4 is 38.6 Å². The number of fused-ring (bicyclic) bond motifs is 1. The summed E-state index contributed by atoms with van der Waals surface area (Å²) in [7, 11) is 0. The average molecular weight is 435 g/mol. The van der Waals surface area contributed by atoms with E-state index in [1.807, 2.05) is 55.5 Å². The fourth-order valence-electron chi connectivity index (χ4n) is 3.03. The molecule has 3 aromatic carbocycles. The van der Waals surface area contributed by atoms with Gasteiger partial charge < -0.3 is 9.73 Å². The first-order chi connectivity index (χ1) is 13.4. The van der Waals surface area contributed by atoms with Crippen LogP contribution in [0, 0.1) is 20.8 Å². The van der Waals surface area contributed by atoms with Crippen LogP contribution in [0.25, 0.3) is 22.6 Å². The third-order valence-corrected chi connectivity index (χ3v) is 5.55. The van der Waals surface area contributed by atoms with Crippen molar-refractivity contribution in [1.82, 2.24) is 4.98 Å². The predicted molar refractivity (Wildman–Crippen MR) is 116 cm³/mol. The highest BCUT2D eigenvalue weighted by Crippen LogP contribution is 2.29. The van der Waals surface area contributed by atoms with Crippen molar-refractivity contribution in [2.24, 2.45) is 0 Å². The van der Waals surface area contributed by atoms with E-state index in [2.05, 4.69) is 40.1 Å². The summed E-state index contributed by atoms with van der Waals surface area (Å²) >= 11 is 3.43. The molecule has 28 heavy (non-hydrogen) atoms. The number of halogens is 1. The summed E-state index contributed by atoms with van der Waals surface area (Å²) in [5.41, 5.74) is 7.03. The first-order valence-electron chi connectivity index (χ1n) is 8.97. The van der Waals surface area contributed by atoms with E-state index in [9.17, 15) is 4.79 Å². The Morgan fingerprint density at radius 1 is 0.964 bits per heavy atom. The van der Waals surface area contributed by atoms with Crippen molar-refractivity contribution in [2.45, 2.75) is 20.8 Å². The third kappa shape index (κ3) is 3.45. The number of carbonyl (C=O) groups excluding carboxylic acids is 1. The molecule has 1 aromatic heterocycles. The number of anilines is 1. The van der Waals surface area contributed by atoms with Gasteiger partial charge in [-0.2, -0.15) is 0 Å². The maximum Gasteiger partial charge on any atom is 0.256 e. The maximum atomic E-state index is 12.7. The summed E-state index contributed by atoms with van der Waals surface area (Å²) in [5.74, 6) is 0.368. The van der Waals surface area contributed by atoms with E-state index in [4.69, 9.17) is 4.42 Å². The lowest BCUT2D eigenvalue weighted by molar-refractivity contribution is 0.102. The minimum atomic E-state index is -0.170. The highest BCUT2D eigenvalue weighted by molar-refractivity contribution is 9.10. The van der Waals surface area contributed by atoms with Crippen LogP contribution in [0.2, 0.25) is 0 Å². The van der Waals surface area contributed by atoms with Crippen molar-refractivity contribution in [3.05, 3.63) is 81.3 Å². The van der Waals surface area contributed by atoms with Gasteiger partial charge in [0.05, 0.1) is 5.56 Å². The molecule has 1 heterocycles. The highest BCUT2D eigenvalue weighted by Gasteiger charge is 2.14. The first-order valence-corrected chi connectivity index (χ1v) is 9.76. The number of aromatic nitrogens is 1. The largest absolute Gasteiger partial charge is 0.436 e. The van der Waals surface area contributed by atoms with Gasteiger partial charge in [0.1, 0.15) is 5.52 Å². The summed E-state index contributed by atoms with van der Waals surface area (Å²) in [6, 6.07) is 17.2. The number of nitrogens with one attached hydrogen (secondary N) is 1. The Kier molecular flexibility index (Phi) is 4.77. The molecule has 0 saturated heterocycles. The van der Waals surface area contributed by atoms with Gasteiger partial charge in [-0.05, 0) is 89.8 Å². The predicted octanol–water partition coefficient (Wildman–Crippen LogP) is 6.43. The van der Waals surface area contributed by atoms with Crippen molar-refractivity contribution < 1.29 is 9.21 Å². The molecule has 0 saturated carbocycles. The average Bonchev–Trinajstić information content (AvgIpc) is 3.07. The topological polar surface area (TPSA) is 55.1 Å². The molecule has 0 fully saturated rings. The lowest BCUT2D eigenvalue weighted by atomic mass is 10.1. The van der Waals surface area contributed by atoms with E-state index in [-0.39, 0.29) is 5.91 Å². The quantitative estimate of drug-likeness (QED) is 0.403. The van der Waals surface area contributed by atoms with E-state index in [0.29, 0.717) is 11.5 Å². The van der Waals surface area contributed by atoms with Gasteiger partial charge in [-0.1, -0.05) is 18.2 Å². The zero-order chi connectivity index (χ0) is 19.8. The number of amides is 1. The molecular weight excluding hydrogens is 416 g/mol. The van der Waals surface area contributed by atoms with Gasteiger partial charge in [0.2, 0.25) is 5.89 Å². The molecular formula is C23H19BrN2O2. The Morgan fingerprint density at radius 2 is 1.71 bits per heavy atom. The second-order valence-electron chi connectivity index (χ2n) is 6.89. The van der Waals surface area contributed by atoms with Gasteiger partial charge in [0.25, 0.3) is 5.91 Å². The number of oxazole rings is 1. The molecule has 0 aliphatic carbocycles. The molecule has 1 amide bonds. The molecule has 0 atom stereocenters. The summed E-state index contributed by atoms with van der Waals surface area (Å²) in [5, 5.41) is 2.99. The van der Waals surface area contributed by atoms with Crippen molar-refractivity contribution in [3.8, 4) is 11.5 Å². The van der Waals surface area contributed by atoms with Crippen LogP contribution in [0.4, 0.5) is 5.69 Å². The summed E-state index contributed by atoms with van der Waals surface area (Å²) < 4.78 is 6.72. The van der Waals surface area contributed by atoms with Gasteiger partial charge in [0.15, 0.2) is 5.58 Å². The molecule has 4 rings (SSSR count). The zero-order valence-electron chi connectivity index (χ0n) is 15.8. The second kappa shape index (κ2) is 7.24. The second-order valence-corrected chi connectivity index (χ2v) is 7.74. The summed E-state index contributed by atoms with van der Waals surface area (Å²) in [4.78, 5) is 17.3. The molecule has 0 aliphatic heterocycles. The van der Waals surface area contributed by atoms with Crippen LogP contribution >= 0.6 is 15.9 Å². The van der Waals surface area contributed by atoms with Crippen molar-refractivity contribution in [1.29, 1.82) is 0 Å². The summed E-state index contributed by atoms with van der Waals surface area (Å²) in [6.45, 7) is 6.07. The Bertz CT molecular complexity index is 1170. The zero-order valence-corrected chi connectivity index (χ0v) is 17.4. The van der Waals surface area contributed by atoms with Crippen LogP contribution in [-0.2, 0) is 0 Å². The van der Waals surface area contributed by atoms with E-state index < -0.39 is 0 Å². The fourth-order valence-corrected chi connectivity index (χ4v) is 3.49. The van der Waals surface area contributed by atoms with Gasteiger partial charge >= 0.3 is 0 Å². The number of aryl methyl sites for hydroxylation is 3. The third-order valence-electron chi connectivity index (χ3n) is 4.86. The minimum absolute atomic E-state index is 0.170. The van der Waals surface area contributed by atoms with Crippen LogP contribution < -0.4 is 5.32 Å². The smallest absolute Gasteiger partial charge is 0.256 e. The molecule has 0 unspecified atom stereocenters. The number of hydrogen-bond acceptors (Lipinski definition) is 3. The molecule has 4 aromatic rings. The minimum Gasteiger partial charge on any atom is -0.436 e. The Balaban J connectivity index is 1.69. The normalized spacial score (nSPS) is 11.0. The Morgan fingerprint density at radius 3 is 2.50 bits per heavy atom. The van der Waals surface area contributed by atoms with Crippen LogP contribution in [0.1, 0.15) is 27.0 Å². The molecule has 5 heteroatoms. The fraction of sp³-hybridized carbons (Fsp3) is 0.130. The molecule has 4 nitrogen and oxygen atoms in total. The van der Waals surface area contributed by atoms with Gasteiger partial charge in [0, 0.05) is 15.7 Å². The maximum absolute atomic E-state index is 12.7. The van der Waals surface area contributed by atoms with E-state index in [1.165, 1.54) is 11.1 Å². The molecule has 140 valence electrons. The Hall–Kier alpha value is -2.92.